The summed E-state index contributed by atoms with van der Waals surface area (Å²) in [6.07, 6.45) is 79.4. The number of ether oxygens (including phenoxy) is 1. The molecule has 0 saturated carbocycles. The monoisotopic (exact) mass is 1170 g/mol. The van der Waals surface area contributed by atoms with Crippen LogP contribution in [0, 0.1) is 0 Å². The molecule has 0 bridgehead atoms. The molecule has 0 spiro atoms. The molecule has 10 heteroatoms. The number of phosphoric acid groups is 1. The van der Waals surface area contributed by atoms with Crippen LogP contribution in [0.3, 0.4) is 0 Å². The van der Waals surface area contributed by atoms with E-state index in [1.54, 1.807) is 0 Å². The third kappa shape index (κ3) is 62.2. The molecule has 0 aliphatic heterocycles. The van der Waals surface area contributed by atoms with Crippen molar-refractivity contribution in [3.63, 3.8) is 0 Å². The van der Waals surface area contributed by atoms with Crippen LogP contribution in [-0.2, 0) is 27.9 Å². The second kappa shape index (κ2) is 61.8. The minimum atomic E-state index is -4.46. The number of unbranched alkanes of at least 4 members (excludes halogenated alkanes) is 40. The van der Waals surface area contributed by atoms with Crippen LogP contribution in [-0.4, -0.2) is 74.3 Å². The molecule has 0 aromatic rings. The zero-order valence-corrected chi connectivity index (χ0v) is 55.9. The largest absolute Gasteiger partial charge is 0.472 e. The molecular weight excluding hydrogens is 1040 g/mol. The first-order valence-corrected chi connectivity index (χ1v) is 36.6. The molecule has 0 aliphatic carbocycles. The Bertz CT molecular complexity index is 1590. The van der Waals surface area contributed by atoms with E-state index in [-0.39, 0.29) is 31.5 Å². The summed E-state index contributed by atoms with van der Waals surface area (Å²) in [6.45, 7) is 7.02. The predicted molar refractivity (Wildman–Crippen MR) is 355 cm³/mol. The Balaban J connectivity index is 5.11. The van der Waals surface area contributed by atoms with Gasteiger partial charge in [-0.15, -0.1) is 0 Å². The zero-order chi connectivity index (χ0) is 60.0. The summed E-state index contributed by atoms with van der Waals surface area (Å²) in [7, 11) is 1.50. The predicted octanol–water partition coefficient (Wildman–Crippen LogP) is 22.2. The Morgan fingerprint density at radius 2 is 0.744 bits per heavy atom. The van der Waals surface area contributed by atoms with Crippen LogP contribution in [0.15, 0.2) is 60.8 Å². The normalized spacial score (nSPS) is 13.9. The van der Waals surface area contributed by atoms with Crippen LogP contribution in [0.1, 0.15) is 335 Å². The Morgan fingerprint density at radius 1 is 0.427 bits per heavy atom. The number of allylic oxidation sites excluding steroid dienone is 9. The third-order valence-corrected chi connectivity index (χ3v) is 16.7. The second-order valence-corrected chi connectivity index (χ2v) is 26.5. The lowest BCUT2D eigenvalue weighted by atomic mass is 10.0. The quantitative estimate of drug-likeness (QED) is 0.0205. The summed E-state index contributed by atoms with van der Waals surface area (Å²) < 4.78 is 30.8. The van der Waals surface area contributed by atoms with Crippen LogP contribution >= 0.6 is 7.82 Å². The molecule has 0 rings (SSSR count). The number of quaternary nitrogens is 1. The van der Waals surface area contributed by atoms with Gasteiger partial charge in [-0.2, -0.15) is 0 Å². The van der Waals surface area contributed by atoms with Gasteiger partial charge in [0.15, 0.2) is 0 Å². The van der Waals surface area contributed by atoms with E-state index in [1.807, 2.05) is 33.3 Å². The van der Waals surface area contributed by atoms with Crippen molar-refractivity contribution in [2.24, 2.45) is 0 Å². The molecule has 0 aromatic carbocycles. The van der Waals surface area contributed by atoms with Gasteiger partial charge in [0.05, 0.1) is 33.8 Å². The Hall–Kier alpha value is -2.29. The minimum Gasteiger partial charge on any atom is -0.456 e. The number of esters is 1. The van der Waals surface area contributed by atoms with E-state index in [0.29, 0.717) is 17.4 Å². The average molecular weight is 1170 g/mol. The van der Waals surface area contributed by atoms with Gasteiger partial charge in [-0.1, -0.05) is 307 Å². The van der Waals surface area contributed by atoms with E-state index in [2.05, 4.69) is 74.7 Å². The van der Waals surface area contributed by atoms with E-state index in [9.17, 15) is 19.0 Å². The highest BCUT2D eigenvalue weighted by Gasteiger charge is 2.30. The second-order valence-electron chi connectivity index (χ2n) is 25.1. The highest BCUT2D eigenvalue weighted by atomic mass is 31.2. The van der Waals surface area contributed by atoms with E-state index < -0.39 is 20.0 Å². The third-order valence-electron chi connectivity index (χ3n) is 15.7. The first-order chi connectivity index (χ1) is 39.9. The van der Waals surface area contributed by atoms with Crippen LogP contribution in [0.5, 0.6) is 0 Å². The molecule has 480 valence electrons. The van der Waals surface area contributed by atoms with Crippen molar-refractivity contribution in [2.45, 2.75) is 348 Å². The number of likely N-dealkylation sites (N-methyl/N-ethyl adjacent to an activating group) is 1. The van der Waals surface area contributed by atoms with Gasteiger partial charge in [0.25, 0.3) is 0 Å². The molecule has 82 heavy (non-hydrogen) atoms. The van der Waals surface area contributed by atoms with E-state index in [4.69, 9.17) is 13.8 Å². The maximum atomic E-state index is 13.6. The lowest BCUT2D eigenvalue weighted by Crippen LogP contribution is -2.47. The van der Waals surface area contributed by atoms with Crippen LogP contribution < -0.4 is 5.32 Å². The van der Waals surface area contributed by atoms with Crippen molar-refractivity contribution in [3.8, 4) is 0 Å². The Morgan fingerprint density at radius 3 is 1.13 bits per heavy atom. The van der Waals surface area contributed by atoms with Crippen molar-refractivity contribution < 1.29 is 37.3 Å². The summed E-state index contributed by atoms with van der Waals surface area (Å²) in [5.41, 5.74) is 0. The molecule has 0 saturated heterocycles. The van der Waals surface area contributed by atoms with Crippen LogP contribution in [0.4, 0.5) is 0 Å². The number of carbonyl (C=O) groups excluding carboxylic acids is 2. The van der Waals surface area contributed by atoms with Gasteiger partial charge in [-0.25, -0.2) is 4.57 Å². The molecule has 0 aliphatic rings. The molecule has 3 unspecified atom stereocenters. The smallest absolute Gasteiger partial charge is 0.456 e. The molecule has 9 nitrogen and oxygen atoms in total. The molecule has 0 aromatic heterocycles. The molecule has 3 atom stereocenters. The number of amides is 1. The zero-order valence-electron chi connectivity index (χ0n) is 55.0. The SMILES string of the molecule is CCCCC/C=C\C/C=C\C/C=C\C/C=C\CCCCCCCCCC(=O)OC(/C=C/CCCCCCCCCCCC)C(COP(=O)(O)OCC[N+](C)(C)C)NC(=O)CCCCCCCCCCCCCCCCCCCCCCC. The summed E-state index contributed by atoms with van der Waals surface area (Å²) in [5, 5.41) is 3.07. The molecule has 2 N–H and O–H groups in total. The lowest BCUT2D eigenvalue weighted by molar-refractivity contribution is -0.870. The van der Waals surface area contributed by atoms with Gasteiger partial charge in [0.1, 0.15) is 19.3 Å². The van der Waals surface area contributed by atoms with Crippen molar-refractivity contribution >= 4 is 19.7 Å². The number of nitrogens with one attached hydrogen (secondary N) is 1. The lowest BCUT2D eigenvalue weighted by Gasteiger charge is -2.27. The first-order valence-electron chi connectivity index (χ1n) is 35.1. The summed E-state index contributed by atoms with van der Waals surface area (Å²) in [4.78, 5) is 37.9. The van der Waals surface area contributed by atoms with Gasteiger partial charge in [0.2, 0.25) is 5.91 Å². The number of hydrogen-bond donors (Lipinski definition) is 2. The summed E-state index contributed by atoms with van der Waals surface area (Å²) in [5.74, 6) is -0.504. The van der Waals surface area contributed by atoms with Crippen molar-refractivity contribution in [1.29, 1.82) is 0 Å². The standard InChI is InChI=1S/C72H135N2O7P/c1-7-10-13-16-19-22-25-28-30-32-34-36-37-39-41-43-45-47-50-53-56-59-62-65-72(76)81-70(63-60-57-54-51-48-27-24-21-18-15-12-9-3)69(68-80-82(77,78)79-67-66-74(4,5)6)73-71(75)64-61-58-55-52-49-46-44-42-40-38-35-33-31-29-26-23-20-17-14-11-8-2/h19,22,28,30,34,36,39,41,60,63,69-70H,7-18,20-21,23-27,29,31-33,35,37-38,40,42-59,61-62,64-68H2,1-6H3,(H-,73,75,77,78)/p+1/b22-19-,30-28-,36-34-,41-39-,63-60+. The van der Waals surface area contributed by atoms with Crippen LogP contribution in [0.25, 0.3) is 0 Å². The fourth-order valence-corrected chi connectivity index (χ4v) is 11.0. The highest BCUT2D eigenvalue weighted by molar-refractivity contribution is 7.47. The number of carbonyl (C=O) groups is 2. The number of phosphoric ester groups is 1. The maximum absolute atomic E-state index is 13.6. The minimum absolute atomic E-state index is 0.0388. The summed E-state index contributed by atoms with van der Waals surface area (Å²) >= 11 is 0. The fourth-order valence-electron chi connectivity index (χ4n) is 10.3. The van der Waals surface area contributed by atoms with Gasteiger partial charge < -0.3 is 19.4 Å². The van der Waals surface area contributed by atoms with E-state index in [0.717, 1.165) is 89.9 Å². The highest BCUT2D eigenvalue weighted by Crippen LogP contribution is 2.43. The number of rotatable bonds is 64. The molecule has 0 heterocycles. The molecule has 0 radical (unpaired) electrons. The summed E-state index contributed by atoms with van der Waals surface area (Å²) in [6, 6.07) is -0.853. The van der Waals surface area contributed by atoms with E-state index in [1.165, 1.54) is 212 Å². The van der Waals surface area contributed by atoms with Crippen molar-refractivity contribution in [2.75, 3.05) is 40.9 Å². The van der Waals surface area contributed by atoms with Gasteiger partial charge in [0, 0.05) is 12.8 Å². The fraction of sp³-hybridized carbons (Fsp3) is 0.833. The molecule has 1 amide bonds. The average Bonchev–Trinajstić information content (AvgIpc) is 3.44. The van der Waals surface area contributed by atoms with Crippen molar-refractivity contribution in [1.82, 2.24) is 5.32 Å². The van der Waals surface area contributed by atoms with Crippen molar-refractivity contribution in [3.05, 3.63) is 60.8 Å². The first kappa shape index (κ1) is 79.7. The van der Waals surface area contributed by atoms with Crippen LogP contribution in [0.2, 0.25) is 0 Å². The van der Waals surface area contributed by atoms with Gasteiger partial charge in [-0.05, 0) is 76.7 Å². The molecular formula is C72H136N2O7P+. The van der Waals surface area contributed by atoms with Gasteiger partial charge >= 0.3 is 13.8 Å². The van der Waals surface area contributed by atoms with Gasteiger partial charge in [-0.3, -0.25) is 18.6 Å². The Labute approximate surface area is 509 Å². The topological polar surface area (TPSA) is 111 Å². The number of nitrogens with zero attached hydrogens (tertiary/aromatic N) is 1. The Kier molecular flexibility index (Phi) is 60.1. The van der Waals surface area contributed by atoms with E-state index >= 15 is 0 Å². The number of hydrogen-bond acceptors (Lipinski definition) is 6. The maximum Gasteiger partial charge on any atom is 0.472 e. The molecule has 0 fully saturated rings.